The highest BCUT2D eigenvalue weighted by Crippen LogP contribution is 2.41. The smallest absolute Gasteiger partial charge is 0.233 e. The molecule has 0 aliphatic heterocycles. The van der Waals surface area contributed by atoms with Crippen LogP contribution in [0.5, 0.6) is 69.0 Å². The molecule has 14 nitrogen and oxygen atoms in total. The van der Waals surface area contributed by atoms with E-state index in [0.29, 0.717) is 44.8 Å². The third-order valence-corrected chi connectivity index (χ3v) is 11.0. The summed E-state index contributed by atoms with van der Waals surface area (Å²) in [5.74, 6) is 0.502. The topological polar surface area (TPSA) is 161 Å². The highest BCUT2D eigenvalue weighted by atomic mass is 79.9. The van der Waals surface area contributed by atoms with Crippen LogP contribution in [0.2, 0.25) is 0 Å². The van der Waals surface area contributed by atoms with Crippen molar-refractivity contribution < 1.29 is 66.5 Å². The zero-order valence-electron chi connectivity index (χ0n) is 37.1. The van der Waals surface area contributed by atoms with Crippen molar-refractivity contribution in [1.29, 1.82) is 0 Å². The second-order valence-corrected chi connectivity index (χ2v) is 16.1. The summed E-state index contributed by atoms with van der Waals surface area (Å²) >= 11 is 6.93. The summed E-state index contributed by atoms with van der Waals surface area (Å²) in [6.45, 7) is 0. The molecule has 6 rings (SSSR count). The predicted octanol–water partition coefficient (Wildman–Crippen LogP) is 10.8. The van der Waals surface area contributed by atoms with Crippen molar-refractivity contribution in [2.45, 2.75) is 12.8 Å². The number of carbonyl (C=O) groups is 4. The van der Waals surface area contributed by atoms with Gasteiger partial charge in [0, 0.05) is 43.3 Å². The zero-order chi connectivity index (χ0) is 47.7. The minimum absolute atomic E-state index is 0.0306. The van der Waals surface area contributed by atoms with Gasteiger partial charge in [0.15, 0.2) is 23.0 Å². The van der Waals surface area contributed by atoms with Crippen LogP contribution < -0.4 is 47.4 Å². The van der Waals surface area contributed by atoms with E-state index in [1.165, 1.54) is 91.2 Å². The first-order valence-electron chi connectivity index (χ1n) is 19.9. The van der Waals surface area contributed by atoms with E-state index in [2.05, 4.69) is 31.9 Å². The summed E-state index contributed by atoms with van der Waals surface area (Å²) in [7, 11) is 11.7. The van der Waals surface area contributed by atoms with Gasteiger partial charge in [0.1, 0.15) is 34.5 Å². The minimum atomic E-state index is -0.817. The van der Waals surface area contributed by atoms with Gasteiger partial charge in [0.2, 0.25) is 34.6 Å². The molecule has 0 bridgehead atoms. The molecule has 0 amide bonds. The number of benzene rings is 6. The fourth-order valence-electron chi connectivity index (χ4n) is 6.92. The fraction of sp³-hybridized carbons (Fsp3) is 0.200. The second kappa shape index (κ2) is 21.8. The van der Waals surface area contributed by atoms with Crippen LogP contribution in [0.25, 0.3) is 0 Å². The van der Waals surface area contributed by atoms with Gasteiger partial charge in [-0.3, -0.25) is 19.2 Å². The minimum Gasteiger partial charge on any atom is -0.497 e. The molecule has 6 aromatic rings. The third kappa shape index (κ3) is 11.2. The fourth-order valence-corrected chi connectivity index (χ4v) is 7.86. The molecule has 0 N–H and O–H groups in total. The molecule has 342 valence electrons. The lowest BCUT2D eigenvalue weighted by Crippen LogP contribution is -2.15. The Balaban J connectivity index is 1.33. The lowest BCUT2D eigenvalue weighted by atomic mass is 10.0. The van der Waals surface area contributed by atoms with E-state index in [1.54, 1.807) is 38.5 Å². The van der Waals surface area contributed by atoms with E-state index in [9.17, 15) is 19.2 Å². The Labute approximate surface area is 397 Å². The first-order chi connectivity index (χ1) is 31.7. The number of ether oxygens (including phenoxy) is 10. The average Bonchev–Trinajstić information content (AvgIpc) is 3.32. The number of hydrogen-bond acceptors (Lipinski definition) is 14. The van der Waals surface area contributed by atoms with Crippen molar-refractivity contribution >= 4 is 55.0 Å². The normalized spacial score (nSPS) is 10.6. The van der Waals surface area contributed by atoms with Gasteiger partial charge in [-0.1, -0.05) is 31.9 Å². The summed E-state index contributed by atoms with van der Waals surface area (Å²) < 4.78 is 57.0. The van der Waals surface area contributed by atoms with E-state index in [0.717, 1.165) is 11.1 Å². The Bertz CT molecular complexity index is 2590. The maximum absolute atomic E-state index is 13.7. The van der Waals surface area contributed by atoms with Crippen molar-refractivity contribution in [2.75, 3.05) is 56.9 Å². The molecule has 0 aromatic heterocycles. The molecule has 0 spiro atoms. The van der Waals surface area contributed by atoms with Crippen LogP contribution in [0.3, 0.4) is 0 Å². The molecular weight excluding hydrogens is 984 g/mol. The van der Waals surface area contributed by atoms with Gasteiger partial charge in [0.05, 0.1) is 56.9 Å². The van der Waals surface area contributed by atoms with Gasteiger partial charge in [-0.25, -0.2) is 0 Å². The predicted molar refractivity (Wildman–Crippen MR) is 251 cm³/mol. The first-order valence-corrected chi connectivity index (χ1v) is 21.4. The average molecular weight is 1030 g/mol. The van der Waals surface area contributed by atoms with Gasteiger partial charge in [-0.05, 0) is 109 Å². The molecule has 66 heavy (non-hydrogen) atoms. The van der Waals surface area contributed by atoms with Crippen LogP contribution in [0, 0.1) is 0 Å². The molecule has 16 heteroatoms. The van der Waals surface area contributed by atoms with Crippen LogP contribution in [0.4, 0.5) is 0 Å². The van der Waals surface area contributed by atoms with Crippen LogP contribution >= 0.6 is 31.9 Å². The standard InChI is InChI=1S/C50H44Br2O14/c1-57-35-11-27(12-36(25-35)58-2)9-10-28-13-37(65-39-17-29(15-33(51)23-39)45(53)47(55)31-19-41(59-3)49(63-7)42(20-31)60-4)26-38(14-28)66-40-18-30(16-34(52)24-40)46(54)48(56)32-21-43(61-5)50(64-8)44(22-32)62-6/h11-26H,9-10H2,1-8H3. The lowest BCUT2D eigenvalue weighted by Gasteiger charge is -2.15. The van der Waals surface area contributed by atoms with E-state index < -0.39 is 23.1 Å². The molecule has 0 saturated carbocycles. The molecule has 0 aliphatic carbocycles. The lowest BCUT2D eigenvalue weighted by molar-refractivity contribution is 0.0816. The molecule has 6 aromatic carbocycles. The number of aryl methyl sites for hydroxylation is 2. The number of rotatable bonds is 21. The monoisotopic (exact) mass is 1030 g/mol. The first kappa shape index (κ1) is 48.4. The Morgan fingerprint density at radius 3 is 0.924 bits per heavy atom. The summed E-state index contributed by atoms with van der Waals surface area (Å²) in [5, 5.41) is 0. The van der Waals surface area contributed by atoms with E-state index in [4.69, 9.17) is 47.4 Å². The van der Waals surface area contributed by atoms with Crippen molar-refractivity contribution in [1.82, 2.24) is 0 Å². The number of ketones is 4. The number of Topliss-reactive ketones (excluding diaryl/α,β-unsaturated/α-hetero) is 4. The van der Waals surface area contributed by atoms with E-state index in [-0.39, 0.29) is 68.2 Å². The maximum Gasteiger partial charge on any atom is 0.233 e. The molecule has 0 fully saturated rings. The maximum atomic E-state index is 13.7. The Morgan fingerprint density at radius 1 is 0.333 bits per heavy atom. The van der Waals surface area contributed by atoms with Crippen molar-refractivity contribution in [3.05, 3.63) is 139 Å². The number of carbonyl (C=O) groups excluding carboxylic acids is 4. The molecule has 0 heterocycles. The van der Waals surface area contributed by atoms with Crippen molar-refractivity contribution in [2.24, 2.45) is 0 Å². The third-order valence-electron chi connectivity index (χ3n) is 10.1. The van der Waals surface area contributed by atoms with Gasteiger partial charge >= 0.3 is 0 Å². The van der Waals surface area contributed by atoms with Gasteiger partial charge < -0.3 is 47.4 Å². The Morgan fingerprint density at radius 2 is 0.621 bits per heavy atom. The van der Waals surface area contributed by atoms with Gasteiger partial charge in [-0.15, -0.1) is 0 Å². The number of methoxy groups -OCH3 is 8. The summed E-state index contributed by atoms with van der Waals surface area (Å²) in [6, 6.07) is 25.7. The number of hydrogen-bond donors (Lipinski definition) is 0. The summed E-state index contributed by atoms with van der Waals surface area (Å²) in [6.07, 6.45) is 1.06. The highest BCUT2D eigenvalue weighted by molar-refractivity contribution is 9.10. The second-order valence-electron chi connectivity index (χ2n) is 14.2. The van der Waals surface area contributed by atoms with E-state index in [1.807, 2.05) is 24.3 Å². The van der Waals surface area contributed by atoms with Crippen LogP contribution in [0.15, 0.2) is 106 Å². The van der Waals surface area contributed by atoms with Crippen molar-refractivity contribution in [3.8, 4) is 69.0 Å². The SMILES string of the molecule is COc1cc(CCc2cc(Oc3cc(Br)cc(C(=O)C(=O)c4cc(OC)c(OC)c(OC)c4)c3)cc(Oc3cc(Br)cc(C(=O)C(=O)c4cc(OC)c(OC)c(OC)c4)c3)c2)cc(OC)c1. The summed E-state index contributed by atoms with van der Waals surface area (Å²) in [5.41, 5.74) is 1.89. The number of halogens is 2. The molecular formula is C50H44Br2O14. The molecule has 0 radical (unpaired) electrons. The van der Waals surface area contributed by atoms with Gasteiger partial charge in [-0.2, -0.15) is 0 Å². The Hall–Kier alpha value is -7.04. The molecule has 0 aliphatic rings. The highest BCUT2D eigenvalue weighted by Gasteiger charge is 2.26. The van der Waals surface area contributed by atoms with Crippen LogP contribution in [-0.4, -0.2) is 80.0 Å². The van der Waals surface area contributed by atoms with Crippen LogP contribution in [-0.2, 0) is 12.8 Å². The van der Waals surface area contributed by atoms with Crippen molar-refractivity contribution in [3.63, 3.8) is 0 Å². The quantitative estimate of drug-likeness (QED) is 0.0495. The van der Waals surface area contributed by atoms with Crippen LogP contribution in [0.1, 0.15) is 52.6 Å². The Kier molecular flexibility index (Phi) is 16.0. The largest absolute Gasteiger partial charge is 0.497 e. The zero-order valence-corrected chi connectivity index (χ0v) is 40.3. The molecule has 0 saturated heterocycles. The van der Waals surface area contributed by atoms with Gasteiger partial charge in [0.25, 0.3) is 0 Å². The molecule has 0 unspecified atom stereocenters. The molecule has 0 atom stereocenters. The van der Waals surface area contributed by atoms with E-state index >= 15 is 0 Å². The summed E-state index contributed by atoms with van der Waals surface area (Å²) in [4.78, 5) is 54.7.